The molecule has 0 saturated carbocycles. The Labute approximate surface area is 457 Å². The maximum Gasteiger partial charge on any atom is 0.307 e. The van der Waals surface area contributed by atoms with Crippen molar-refractivity contribution in [1.29, 1.82) is 0 Å². The number of rotatable bonds is 59. The summed E-state index contributed by atoms with van der Waals surface area (Å²) >= 11 is 0. The van der Waals surface area contributed by atoms with E-state index >= 15 is 0 Å². The topological polar surface area (TPSA) is 118 Å². The van der Waals surface area contributed by atoms with E-state index in [0.717, 1.165) is 103 Å². The normalized spacial score (nSPS) is 11.6. The van der Waals surface area contributed by atoms with Crippen LogP contribution in [-0.2, 0) is 38.1 Å². The van der Waals surface area contributed by atoms with Crippen molar-refractivity contribution in [2.24, 2.45) is 0 Å². The molecule has 0 unspecified atom stereocenters. The number of nitrogens with zero attached hydrogens (tertiary/aromatic N) is 4. The number of ether oxygens (including phenoxy) is 4. The first-order valence-corrected chi connectivity index (χ1v) is 31.6. The monoisotopic (exact) mass is 1050 g/mol. The van der Waals surface area contributed by atoms with E-state index in [4.69, 9.17) is 18.9 Å². The van der Waals surface area contributed by atoms with Gasteiger partial charge in [-0.25, -0.2) is 0 Å². The van der Waals surface area contributed by atoms with Crippen LogP contribution in [0.25, 0.3) is 0 Å². The second-order valence-electron chi connectivity index (χ2n) is 21.8. The molecule has 0 rings (SSSR count). The second kappa shape index (κ2) is 56.9. The van der Waals surface area contributed by atoms with Crippen LogP contribution in [0.5, 0.6) is 0 Å². The van der Waals surface area contributed by atoms with Crippen molar-refractivity contribution in [3.05, 3.63) is 0 Å². The minimum atomic E-state index is -0.157. The molecule has 0 aromatic carbocycles. The molecule has 12 heteroatoms. The lowest BCUT2D eigenvalue weighted by molar-refractivity contribution is -0.146. The molecule has 0 radical (unpaired) electrons. The van der Waals surface area contributed by atoms with E-state index in [1.165, 1.54) is 154 Å². The molecule has 0 atom stereocenters. The van der Waals surface area contributed by atoms with Crippen LogP contribution in [0.1, 0.15) is 272 Å². The van der Waals surface area contributed by atoms with E-state index in [9.17, 15) is 19.2 Å². The van der Waals surface area contributed by atoms with E-state index in [1.807, 2.05) is 0 Å². The summed E-state index contributed by atoms with van der Waals surface area (Å²) in [4.78, 5) is 60.1. The van der Waals surface area contributed by atoms with Gasteiger partial charge in [0.1, 0.15) is 0 Å². The lowest BCUT2D eigenvalue weighted by Gasteiger charge is -2.26. The Bertz CT molecular complexity index is 1170. The lowest BCUT2D eigenvalue weighted by atomic mass is 10.1. The molecule has 0 spiro atoms. The van der Waals surface area contributed by atoms with Crippen molar-refractivity contribution in [2.45, 2.75) is 272 Å². The number of carbonyl (C=O) groups excluding carboxylic acids is 4. The highest BCUT2D eigenvalue weighted by molar-refractivity contribution is 5.71. The van der Waals surface area contributed by atoms with Crippen molar-refractivity contribution in [1.82, 2.24) is 19.6 Å². The van der Waals surface area contributed by atoms with E-state index in [1.54, 1.807) is 0 Å². The Hall–Kier alpha value is -2.28. The molecule has 0 saturated heterocycles. The van der Waals surface area contributed by atoms with Gasteiger partial charge in [-0.2, -0.15) is 0 Å². The Morgan fingerprint density at radius 1 is 0.243 bits per heavy atom. The molecule has 0 aliphatic carbocycles. The van der Waals surface area contributed by atoms with Gasteiger partial charge in [-0.1, -0.05) is 207 Å². The fourth-order valence-corrected chi connectivity index (χ4v) is 9.34. The predicted molar refractivity (Wildman–Crippen MR) is 310 cm³/mol. The van der Waals surface area contributed by atoms with Gasteiger partial charge >= 0.3 is 23.9 Å². The second-order valence-corrected chi connectivity index (χ2v) is 21.8. The van der Waals surface area contributed by atoms with Crippen molar-refractivity contribution < 1.29 is 38.1 Å². The van der Waals surface area contributed by atoms with E-state index in [-0.39, 0.29) is 23.9 Å². The first kappa shape index (κ1) is 71.7. The van der Waals surface area contributed by atoms with Gasteiger partial charge in [-0.15, -0.1) is 0 Å². The summed E-state index contributed by atoms with van der Waals surface area (Å²) in [5.74, 6) is -0.622. The molecule has 0 N–H and O–H groups in total. The predicted octanol–water partition coefficient (Wildman–Crippen LogP) is 14.5. The minimum absolute atomic E-state index is 0.154. The summed E-state index contributed by atoms with van der Waals surface area (Å²) in [6.07, 6.45) is 41.9. The van der Waals surface area contributed by atoms with Gasteiger partial charge in [-0.05, 0) is 78.8 Å². The standard InChI is InChI=1S/C62H122N4O8/c1-7-11-15-19-23-25-29-33-37-57-73-61(69)43-51-66(52-44-62(70)74-58-38-34-30-26-24-20-16-12-8-2)48-40-46-64(6)54-53-63(5)45-39-47-65(49-41-59(67)71-55-35-31-27-21-17-13-9-3)50-42-60(68)72-56-36-32-28-22-18-14-10-4/h7-58H2,1-6H3. The molecule has 0 aliphatic heterocycles. The summed E-state index contributed by atoms with van der Waals surface area (Å²) in [6, 6.07) is 0. The summed E-state index contributed by atoms with van der Waals surface area (Å²) in [6.45, 7) is 18.5. The van der Waals surface area contributed by atoms with Crippen LogP contribution in [0.15, 0.2) is 0 Å². The van der Waals surface area contributed by atoms with Gasteiger partial charge in [0, 0.05) is 39.3 Å². The van der Waals surface area contributed by atoms with Gasteiger partial charge < -0.3 is 38.5 Å². The van der Waals surface area contributed by atoms with E-state index < -0.39 is 0 Å². The Balaban J connectivity index is 4.93. The molecule has 0 aliphatic rings. The third-order valence-corrected chi connectivity index (χ3v) is 14.5. The fraction of sp³-hybridized carbons (Fsp3) is 0.935. The van der Waals surface area contributed by atoms with Crippen LogP contribution in [-0.4, -0.2) is 149 Å². The van der Waals surface area contributed by atoms with E-state index in [0.29, 0.717) is 78.3 Å². The van der Waals surface area contributed by atoms with Crippen molar-refractivity contribution >= 4 is 23.9 Å². The smallest absolute Gasteiger partial charge is 0.307 e. The molecular formula is C62H122N4O8. The first-order chi connectivity index (χ1) is 36.1. The molecule has 74 heavy (non-hydrogen) atoms. The molecule has 0 fully saturated rings. The molecular weight excluding hydrogens is 929 g/mol. The van der Waals surface area contributed by atoms with Crippen LogP contribution in [0.4, 0.5) is 0 Å². The molecule has 0 aromatic rings. The summed E-state index contributed by atoms with van der Waals surface area (Å²) in [5, 5.41) is 0. The van der Waals surface area contributed by atoms with Crippen LogP contribution >= 0.6 is 0 Å². The largest absolute Gasteiger partial charge is 0.466 e. The van der Waals surface area contributed by atoms with Crippen molar-refractivity contribution in [2.75, 3.05) is 106 Å². The molecule has 12 nitrogen and oxygen atoms in total. The van der Waals surface area contributed by atoms with Gasteiger partial charge in [0.25, 0.3) is 0 Å². The zero-order valence-corrected chi connectivity index (χ0v) is 49.8. The Kier molecular flexibility index (Phi) is 55.2. The third kappa shape index (κ3) is 53.1. The number of unbranched alkanes of at least 4 members (excludes halogenated alkanes) is 28. The highest BCUT2D eigenvalue weighted by Gasteiger charge is 2.15. The Morgan fingerprint density at radius 3 is 0.662 bits per heavy atom. The summed E-state index contributed by atoms with van der Waals surface area (Å²) in [7, 11) is 4.32. The zero-order valence-electron chi connectivity index (χ0n) is 49.8. The minimum Gasteiger partial charge on any atom is -0.466 e. The number of hydrogen-bond donors (Lipinski definition) is 0. The molecule has 438 valence electrons. The summed E-state index contributed by atoms with van der Waals surface area (Å²) < 4.78 is 22.4. The summed E-state index contributed by atoms with van der Waals surface area (Å²) in [5.41, 5.74) is 0. The molecule has 0 heterocycles. The fourth-order valence-electron chi connectivity index (χ4n) is 9.34. The quantitative estimate of drug-likeness (QED) is 0.0328. The van der Waals surface area contributed by atoms with Crippen LogP contribution in [0.3, 0.4) is 0 Å². The van der Waals surface area contributed by atoms with E-state index in [2.05, 4.69) is 61.4 Å². The van der Waals surface area contributed by atoms with Gasteiger partial charge in [0.2, 0.25) is 0 Å². The molecule has 0 bridgehead atoms. The number of likely N-dealkylation sites (N-methyl/N-ethyl adjacent to an activating group) is 2. The van der Waals surface area contributed by atoms with Crippen LogP contribution < -0.4 is 0 Å². The number of esters is 4. The lowest BCUT2D eigenvalue weighted by Crippen LogP contribution is -2.36. The Morgan fingerprint density at radius 2 is 0.446 bits per heavy atom. The van der Waals surface area contributed by atoms with Gasteiger partial charge in [-0.3, -0.25) is 19.2 Å². The third-order valence-electron chi connectivity index (χ3n) is 14.5. The first-order valence-electron chi connectivity index (χ1n) is 31.6. The van der Waals surface area contributed by atoms with Crippen molar-refractivity contribution in [3.8, 4) is 0 Å². The maximum absolute atomic E-state index is 12.8. The zero-order chi connectivity index (χ0) is 54.2. The number of hydrogen-bond acceptors (Lipinski definition) is 12. The molecule has 0 aromatic heterocycles. The maximum atomic E-state index is 12.8. The average molecular weight is 1050 g/mol. The highest BCUT2D eigenvalue weighted by Crippen LogP contribution is 2.13. The van der Waals surface area contributed by atoms with Crippen LogP contribution in [0.2, 0.25) is 0 Å². The van der Waals surface area contributed by atoms with Gasteiger partial charge in [0.15, 0.2) is 0 Å². The highest BCUT2D eigenvalue weighted by atomic mass is 16.5. The van der Waals surface area contributed by atoms with Gasteiger partial charge in [0.05, 0.1) is 52.1 Å². The average Bonchev–Trinajstić information content (AvgIpc) is 3.39. The SMILES string of the molecule is CCCCCCCCCCCOC(=O)CCN(CCCN(C)CCN(C)CCCN(CCC(=O)OCCCCCCCCC)CCC(=O)OCCCCCCCCC)CCC(=O)OCCCCCCCCCCC. The van der Waals surface area contributed by atoms with Crippen molar-refractivity contribution in [3.63, 3.8) is 0 Å². The molecule has 0 amide bonds. The van der Waals surface area contributed by atoms with Crippen LogP contribution in [0, 0.1) is 0 Å². The number of carbonyl (C=O) groups is 4.